The Labute approximate surface area is 119 Å². The Kier molecular flexibility index (Phi) is 4.11. The number of aromatic nitrogens is 2. The van der Waals surface area contributed by atoms with Crippen molar-refractivity contribution in [1.29, 1.82) is 0 Å². The maximum atomic E-state index is 12.0. The Balaban J connectivity index is 1.89. The first-order valence-corrected chi connectivity index (χ1v) is 6.87. The molecule has 6 nitrogen and oxygen atoms in total. The van der Waals surface area contributed by atoms with Crippen LogP contribution < -0.4 is 4.90 Å². The third-order valence-electron chi connectivity index (χ3n) is 2.98. The van der Waals surface area contributed by atoms with Crippen LogP contribution in [0.3, 0.4) is 0 Å². The van der Waals surface area contributed by atoms with E-state index in [1.54, 1.807) is 4.90 Å². The van der Waals surface area contributed by atoms with Crippen LogP contribution in [-0.2, 0) is 4.74 Å². The second-order valence-electron chi connectivity index (χ2n) is 6.01. The van der Waals surface area contributed by atoms with Gasteiger partial charge in [0.15, 0.2) is 0 Å². The van der Waals surface area contributed by atoms with Gasteiger partial charge in [-0.1, -0.05) is 0 Å². The first-order chi connectivity index (χ1) is 9.35. The molecular formula is C14H22N4O2. The molecule has 0 spiro atoms. The molecule has 1 amide bonds. The number of carbonyl (C=O) groups is 1. The van der Waals surface area contributed by atoms with Crippen LogP contribution in [0.1, 0.15) is 26.3 Å². The van der Waals surface area contributed by atoms with E-state index in [2.05, 4.69) is 14.9 Å². The molecule has 1 aromatic heterocycles. The van der Waals surface area contributed by atoms with Gasteiger partial charge in [-0.25, -0.2) is 14.8 Å². The molecule has 1 saturated heterocycles. The molecule has 0 unspecified atom stereocenters. The first-order valence-electron chi connectivity index (χ1n) is 6.87. The largest absolute Gasteiger partial charge is 0.444 e. The molecular weight excluding hydrogens is 256 g/mol. The summed E-state index contributed by atoms with van der Waals surface area (Å²) in [7, 11) is 0. The highest BCUT2D eigenvalue weighted by molar-refractivity contribution is 5.68. The summed E-state index contributed by atoms with van der Waals surface area (Å²) in [6.07, 6.45) is 3.37. The van der Waals surface area contributed by atoms with E-state index in [1.165, 1.54) is 0 Å². The number of hydrogen-bond donors (Lipinski definition) is 0. The van der Waals surface area contributed by atoms with Gasteiger partial charge in [-0.15, -0.1) is 0 Å². The van der Waals surface area contributed by atoms with Gasteiger partial charge < -0.3 is 14.5 Å². The van der Waals surface area contributed by atoms with Crippen LogP contribution in [0.4, 0.5) is 10.7 Å². The lowest BCUT2D eigenvalue weighted by Crippen LogP contribution is -2.50. The van der Waals surface area contributed by atoms with E-state index in [9.17, 15) is 4.79 Å². The van der Waals surface area contributed by atoms with Crippen molar-refractivity contribution in [3.05, 3.63) is 18.0 Å². The second kappa shape index (κ2) is 5.64. The van der Waals surface area contributed by atoms with Gasteiger partial charge in [0.25, 0.3) is 0 Å². The van der Waals surface area contributed by atoms with Gasteiger partial charge >= 0.3 is 6.09 Å². The van der Waals surface area contributed by atoms with Gasteiger partial charge in [-0.05, 0) is 33.3 Å². The molecule has 0 saturated carbocycles. The highest BCUT2D eigenvalue weighted by Crippen LogP contribution is 2.14. The summed E-state index contributed by atoms with van der Waals surface area (Å²) >= 11 is 0. The molecule has 2 heterocycles. The van der Waals surface area contributed by atoms with E-state index in [0.29, 0.717) is 13.1 Å². The maximum Gasteiger partial charge on any atom is 0.410 e. The van der Waals surface area contributed by atoms with E-state index >= 15 is 0 Å². The fourth-order valence-electron chi connectivity index (χ4n) is 1.96. The summed E-state index contributed by atoms with van der Waals surface area (Å²) < 4.78 is 5.37. The third-order valence-corrected chi connectivity index (χ3v) is 2.98. The fourth-order valence-corrected chi connectivity index (χ4v) is 1.96. The van der Waals surface area contributed by atoms with Crippen molar-refractivity contribution >= 4 is 12.0 Å². The van der Waals surface area contributed by atoms with Crippen LogP contribution in [-0.4, -0.2) is 52.7 Å². The van der Waals surface area contributed by atoms with Crippen LogP contribution in [0.15, 0.2) is 12.4 Å². The zero-order chi connectivity index (χ0) is 14.8. The van der Waals surface area contributed by atoms with E-state index < -0.39 is 5.60 Å². The molecule has 0 aliphatic carbocycles. The van der Waals surface area contributed by atoms with E-state index in [-0.39, 0.29) is 6.09 Å². The third kappa shape index (κ3) is 3.82. The smallest absolute Gasteiger partial charge is 0.410 e. The van der Waals surface area contributed by atoms with Gasteiger partial charge in [-0.3, -0.25) is 0 Å². The molecule has 110 valence electrons. The zero-order valence-corrected chi connectivity index (χ0v) is 12.6. The fraction of sp³-hybridized carbons (Fsp3) is 0.643. The van der Waals surface area contributed by atoms with Crippen molar-refractivity contribution in [1.82, 2.24) is 14.9 Å². The van der Waals surface area contributed by atoms with E-state index in [0.717, 1.165) is 24.6 Å². The Morgan fingerprint density at radius 2 is 1.70 bits per heavy atom. The number of anilines is 1. The summed E-state index contributed by atoms with van der Waals surface area (Å²) in [5.41, 5.74) is 0.593. The lowest BCUT2D eigenvalue weighted by atomic mass is 10.2. The Hall–Kier alpha value is -1.85. The molecule has 0 atom stereocenters. The average molecular weight is 278 g/mol. The van der Waals surface area contributed by atoms with Crippen molar-refractivity contribution in [3.63, 3.8) is 0 Å². The lowest BCUT2D eigenvalue weighted by Gasteiger charge is -2.35. The molecule has 0 N–H and O–H groups in total. The molecule has 6 heteroatoms. The topological polar surface area (TPSA) is 58.6 Å². The maximum absolute atomic E-state index is 12.0. The second-order valence-corrected chi connectivity index (χ2v) is 6.01. The molecule has 2 rings (SSSR count). The number of carbonyl (C=O) groups excluding carboxylic acids is 1. The highest BCUT2D eigenvalue weighted by atomic mass is 16.6. The summed E-state index contributed by atoms with van der Waals surface area (Å²) in [5.74, 6) is 0.722. The van der Waals surface area contributed by atoms with Crippen LogP contribution >= 0.6 is 0 Å². The zero-order valence-electron chi connectivity index (χ0n) is 12.6. The average Bonchev–Trinajstić information content (AvgIpc) is 2.38. The SMILES string of the molecule is Cc1cnc(N2CCN(C(=O)OC(C)(C)C)CC2)nc1. The minimum atomic E-state index is -0.450. The van der Waals surface area contributed by atoms with Gasteiger partial charge in [0, 0.05) is 38.6 Å². The number of hydrogen-bond acceptors (Lipinski definition) is 5. The number of amides is 1. The van der Waals surface area contributed by atoms with Crippen molar-refractivity contribution in [2.24, 2.45) is 0 Å². The summed E-state index contributed by atoms with van der Waals surface area (Å²) in [6, 6.07) is 0. The Bertz CT molecular complexity index is 459. The summed E-state index contributed by atoms with van der Waals surface area (Å²) in [5, 5.41) is 0. The predicted octanol–water partition coefficient (Wildman–Crippen LogP) is 1.84. The van der Waals surface area contributed by atoms with Crippen molar-refractivity contribution in [2.75, 3.05) is 31.1 Å². The molecule has 1 fully saturated rings. The number of aryl methyl sites for hydroxylation is 1. The van der Waals surface area contributed by atoms with Gasteiger partial charge in [0.05, 0.1) is 0 Å². The van der Waals surface area contributed by atoms with Crippen LogP contribution in [0.5, 0.6) is 0 Å². The predicted molar refractivity (Wildman–Crippen MR) is 76.8 cm³/mol. The molecule has 20 heavy (non-hydrogen) atoms. The molecule has 0 aromatic carbocycles. The highest BCUT2D eigenvalue weighted by Gasteiger charge is 2.26. The van der Waals surface area contributed by atoms with Crippen LogP contribution in [0, 0.1) is 6.92 Å². The van der Waals surface area contributed by atoms with Crippen LogP contribution in [0.2, 0.25) is 0 Å². The standard InChI is InChI=1S/C14H22N4O2/c1-11-9-15-12(16-10-11)17-5-7-18(8-6-17)13(19)20-14(2,3)4/h9-10H,5-8H2,1-4H3. The molecule has 1 aliphatic heterocycles. The normalized spacial score (nSPS) is 16.2. The summed E-state index contributed by atoms with van der Waals surface area (Å²) in [4.78, 5) is 24.4. The first kappa shape index (κ1) is 14.6. The lowest BCUT2D eigenvalue weighted by molar-refractivity contribution is 0.0240. The molecule has 1 aromatic rings. The van der Waals surface area contributed by atoms with E-state index in [1.807, 2.05) is 40.1 Å². The number of ether oxygens (including phenoxy) is 1. The monoisotopic (exact) mass is 278 g/mol. The Morgan fingerprint density at radius 3 is 2.20 bits per heavy atom. The van der Waals surface area contributed by atoms with E-state index in [4.69, 9.17) is 4.74 Å². The van der Waals surface area contributed by atoms with Gasteiger partial charge in [0.2, 0.25) is 5.95 Å². The van der Waals surface area contributed by atoms with Crippen molar-refractivity contribution in [3.8, 4) is 0 Å². The van der Waals surface area contributed by atoms with Crippen molar-refractivity contribution in [2.45, 2.75) is 33.3 Å². The molecule has 0 bridgehead atoms. The quantitative estimate of drug-likeness (QED) is 0.784. The van der Waals surface area contributed by atoms with Gasteiger partial charge in [-0.2, -0.15) is 0 Å². The number of rotatable bonds is 1. The number of piperazine rings is 1. The van der Waals surface area contributed by atoms with Crippen LogP contribution in [0.25, 0.3) is 0 Å². The van der Waals surface area contributed by atoms with Crippen molar-refractivity contribution < 1.29 is 9.53 Å². The number of nitrogens with zero attached hydrogens (tertiary/aromatic N) is 4. The molecule has 0 radical (unpaired) electrons. The minimum absolute atomic E-state index is 0.248. The minimum Gasteiger partial charge on any atom is -0.444 e. The Morgan fingerprint density at radius 1 is 1.15 bits per heavy atom. The van der Waals surface area contributed by atoms with Gasteiger partial charge in [0.1, 0.15) is 5.60 Å². The molecule has 1 aliphatic rings. The summed E-state index contributed by atoms with van der Waals surface area (Å²) in [6.45, 7) is 10.3.